The normalized spacial score (nSPS) is 29.7. The number of ether oxygens (including phenoxy) is 3. The SMILES string of the molecule is COc1ccc(C2(C(=O)N3CC[C@@]45OCCCN4C(=O)C[C@@H]35)CCCC2)cc1OC. The van der Waals surface area contributed by atoms with Crippen LogP contribution in [0.4, 0.5) is 0 Å². The van der Waals surface area contributed by atoms with Gasteiger partial charge in [-0.05, 0) is 37.0 Å². The summed E-state index contributed by atoms with van der Waals surface area (Å²) in [5.74, 6) is 1.56. The number of hydrogen-bond donors (Lipinski definition) is 0. The standard InChI is InChI=1S/C23H30N2O5/c1-28-17-7-6-16(14-18(17)29-2)22(8-3-4-9-22)21(27)24-12-10-23-19(24)15-20(26)25(23)11-5-13-30-23/h6-7,14,19H,3-5,8-13,15H2,1-2H3/t19-,23+/m1/s1. The average Bonchev–Trinajstić information content (AvgIpc) is 3.46. The molecule has 1 spiro atoms. The molecule has 7 nitrogen and oxygen atoms in total. The molecule has 1 aromatic rings. The van der Waals surface area contributed by atoms with E-state index in [-0.39, 0.29) is 17.9 Å². The first-order valence-corrected chi connectivity index (χ1v) is 11.0. The fraction of sp³-hybridized carbons (Fsp3) is 0.652. The summed E-state index contributed by atoms with van der Waals surface area (Å²) in [7, 11) is 3.23. The summed E-state index contributed by atoms with van der Waals surface area (Å²) in [6.45, 7) is 2.03. The van der Waals surface area contributed by atoms with Gasteiger partial charge in [-0.15, -0.1) is 0 Å². The largest absolute Gasteiger partial charge is 0.493 e. The Bertz CT molecular complexity index is 865. The van der Waals surface area contributed by atoms with Gasteiger partial charge in [-0.1, -0.05) is 18.9 Å². The Hall–Kier alpha value is -2.28. The van der Waals surface area contributed by atoms with Gasteiger partial charge in [-0.3, -0.25) is 9.59 Å². The molecule has 4 fully saturated rings. The van der Waals surface area contributed by atoms with Crippen molar-refractivity contribution in [2.75, 3.05) is 33.9 Å². The van der Waals surface area contributed by atoms with Crippen molar-refractivity contribution in [3.05, 3.63) is 23.8 Å². The van der Waals surface area contributed by atoms with E-state index in [2.05, 4.69) is 0 Å². The maximum Gasteiger partial charge on any atom is 0.233 e. The van der Waals surface area contributed by atoms with Crippen molar-refractivity contribution >= 4 is 11.8 Å². The van der Waals surface area contributed by atoms with Crippen LogP contribution in [0.2, 0.25) is 0 Å². The summed E-state index contributed by atoms with van der Waals surface area (Å²) in [5, 5.41) is 0. The molecule has 0 radical (unpaired) electrons. The Balaban J connectivity index is 1.50. The van der Waals surface area contributed by atoms with Crippen LogP contribution < -0.4 is 9.47 Å². The second kappa shape index (κ2) is 7.15. The zero-order chi connectivity index (χ0) is 20.9. The molecule has 3 aliphatic heterocycles. The van der Waals surface area contributed by atoms with E-state index < -0.39 is 11.1 Å². The molecule has 1 aliphatic carbocycles. The van der Waals surface area contributed by atoms with Gasteiger partial charge in [-0.25, -0.2) is 0 Å². The van der Waals surface area contributed by atoms with E-state index in [1.165, 1.54) is 0 Å². The third-order valence-electron chi connectivity index (χ3n) is 7.68. The predicted molar refractivity (Wildman–Crippen MR) is 109 cm³/mol. The summed E-state index contributed by atoms with van der Waals surface area (Å²) < 4.78 is 17.1. The minimum atomic E-state index is -0.609. The van der Waals surface area contributed by atoms with E-state index in [1.807, 2.05) is 28.0 Å². The number of rotatable bonds is 4. The van der Waals surface area contributed by atoms with Gasteiger partial charge in [0, 0.05) is 19.5 Å². The summed E-state index contributed by atoms with van der Waals surface area (Å²) in [4.78, 5) is 30.7. The second-order valence-electron chi connectivity index (χ2n) is 8.92. The van der Waals surface area contributed by atoms with Crippen LogP contribution in [-0.2, 0) is 19.7 Å². The van der Waals surface area contributed by atoms with Crippen molar-refractivity contribution in [2.24, 2.45) is 0 Å². The number of methoxy groups -OCH3 is 2. The number of carbonyl (C=O) groups is 2. The molecule has 4 aliphatic rings. The monoisotopic (exact) mass is 414 g/mol. The smallest absolute Gasteiger partial charge is 0.233 e. The zero-order valence-corrected chi connectivity index (χ0v) is 17.8. The predicted octanol–water partition coefficient (Wildman–Crippen LogP) is 2.47. The number of benzene rings is 1. The fourth-order valence-corrected chi connectivity index (χ4v) is 6.21. The highest BCUT2D eigenvalue weighted by Crippen LogP contribution is 2.50. The van der Waals surface area contributed by atoms with E-state index in [9.17, 15) is 9.59 Å². The lowest BCUT2D eigenvalue weighted by Crippen LogP contribution is -2.57. The van der Waals surface area contributed by atoms with E-state index in [0.29, 0.717) is 37.5 Å². The van der Waals surface area contributed by atoms with Gasteiger partial charge in [0.15, 0.2) is 17.2 Å². The fourth-order valence-electron chi connectivity index (χ4n) is 6.21. The first-order valence-electron chi connectivity index (χ1n) is 11.0. The summed E-state index contributed by atoms with van der Waals surface area (Å²) in [5.41, 5.74) is -0.201. The van der Waals surface area contributed by atoms with Crippen molar-refractivity contribution in [3.63, 3.8) is 0 Å². The van der Waals surface area contributed by atoms with E-state index in [4.69, 9.17) is 14.2 Å². The zero-order valence-electron chi connectivity index (χ0n) is 17.8. The second-order valence-corrected chi connectivity index (χ2v) is 8.92. The lowest BCUT2D eigenvalue weighted by atomic mass is 9.77. The minimum absolute atomic E-state index is 0.115. The van der Waals surface area contributed by atoms with Gasteiger partial charge in [0.25, 0.3) is 0 Å². The van der Waals surface area contributed by atoms with Crippen LogP contribution >= 0.6 is 0 Å². The van der Waals surface area contributed by atoms with Crippen molar-refractivity contribution < 1.29 is 23.8 Å². The van der Waals surface area contributed by atoms with Gasteiger partial charge in [0.05, 0.1) is 38.7 Å². The molecule has 0 unspecified atom stereocenters. The van der Waals surface area contributed by atoms with Gasteiger partial charge < -0.3 is 24.0 Å². The molecule has 162 valence electrons. The molecule has 0 bridgehead atoms. The molecular weight excluding hydrogens is 384 g/mol. The van der Waals surface area contributed by atoms with Crippen LogP contribution in [-0.4, -0.2) is 67.3 Å². The van der Waals surface area contributed by atoms with E-state index in [0.717, 1.165) is 44.2 Å². The number of amides is 2. The highest BCUT2D eigenvalue weighted by Gasteiger charge is 2.63. The Morgan fingerprint density at radius 2 is 1.83 bits per heavy atom. The topological polar surface area (TPSA) is 68.3 Å². The van der Waals surface area contributed by atoms with Crippen LogP contribution in [0.15, 0.2) is 18.2 Å². The lowest BCUT2D eigenvalue weighted by molar-refractivity contribution is -0.182. The number of hydrogen-bond acceptors (Lipinski definition) is 5. The molecule has 1 saturated carbocycles. The first-order chi connectivity index (χ1) is 14.6. The van der Waals surface area contributed by atoms with Gasteiger partial charge >= 0.3 is 0 Å². The Labute approximate surface area is 177 Å². The lowest BCUT2D eigenvalue weighted by Gasteiger charge is -2.43. The Morgan fingerprint density at radius 1 is 1.07 bits per heavy atom. The Kier molecular flexibility index (Phi) is 4.69. The maximum atomic E-state index is 14.1. The third-order valence-corrected chi connectivity index (χ3v) is 7.68. The van der Waals surface area contributed by atoms with Crippen LogP contribution in [0.1, 0.15) is 50.5 Å². The maximum absolute atomic E-state index is 14.1. The van der Waals surface area contributed by atoms with Gasteiger partial charge in [0.2, 0.25) is 11.8 Å². The van der Waals surface area contributed by atoms with Gasteiger partial charge in [-0.2, -0.15) is 0 Å². The number of carbonyl (C=O) groups excluding carboxylic acids is 2. The van der Waals surface area contributed by atoms with E-state index >= 15 is 0 Å². The number of likely N-dealkylation sites (tertiary alicyclic amines) is 1. The first kappa shape index (κ1) is 19.7. The third kappa shape index (κ3) is 2.60. The van der Waals surface area contributed by atoms with Crippen molar-refractivity contribution in [1.82, 2.24) is 9.80 Å². The molecule has 1 aromatic carbocycles. The summed E-state index contributed by atoms with van der Waals surface area (Å²) >= 11 is 0. The molecule has 0 N–H and O–H groups in total. The van der Waals surface area contributed by atoms with Crippen LogP contribution in [0.3, 0.4) is 0 Å². The molecule has 2 atom stereocenters. The van der Waals surface area contributed by atoms with Crippen LogP contribution in [0, 0.1) is 0 Å². The molecule has 30 heavy (non-hydrogen) atoms. The Morgan fingerprint density at radius 3 is 2.57 bits per heavy atom. The summed E-state index contributed by atoms with van der Waals surface area (Å²) in [6.07, 6.45) is 5.61. The highest BCUT2D eigenvalue weighted by atomic mass is 16.5. The molecule has 7 heteroatoms. The van der Waals surface area contributed by atoms with Crippen LogP contribution in [0.5, 0.6) is 11.5 Å². The van der Waals surface area contributed by atoms with Crippen molar-refractivity contribution in [2.45, 2.75) is 62.1 Å². The highest BCUT2D eigenvalue weighted by molar-refractivity contribution is 5.91. The van der Waals surface area contributed by atoms with E-state index in [1.54, 1.807) is 14.2 Å². The molecular formula is C23H30N2O5. The molecule has 3 heterocycles. The summed E-state index contributed by atoms with van der Waals surface area (Å²) in [6, 6.07) is 5.66. The minimum Gasteiger partial charge on any atom is -0.493 e. The molecule has 3 saturated heterocycles. The average molecular weight is 415 g/mol. The number of nitrogens with zero attached hydrogens (tertiary/aromatic N) is 2. The van der Waals surface area contributed by atoms with Crippen molar-refractivity contribution in [1.29, 1.82) is 0 Å². The van der Waals surface area contributed by atoms with Crippen LogP contribution in [0.25, 0.3) is 0 Å². The quantitative estimate of drug-likeness (QED) is 0.757. The van der Waals surface area contributed by atoms with Gasteiger partial charge in [0.1, 0.15) is 0 Å². The molecule has 0 aromatic heterocycles. The van der Waals surface area contributed by atoms with Crippen molar-refractivity contribution in [3.8, 4) is 11.5 Å². The molecule has 2 amide bonds. The molecule has 5 rings (SSSR count).